The summed E-state index contributed by atoms with van der Waals surface area (Å²) in [7, 11) is 4.46. The minimum atomic E-state index is -0.433. The zero-order valence-electron chi connectivity index (χ0n) is 20.3. The number of carbonyl (C=O) groups is 1. The van der Waals surface area contributed by atoms with Gasteiger partial charge in [-0.2, -0.15) is 0 Å². The average molecular weight is 514 g/mol. The van der Waals surface area contributed by atoms with Crippen molar-refractivity contribution < 1.29 is 23.4 Å². The van der Waals surface area contributed by atoms with Crippen LogP contribution in [0.15, 0.2) is 77.2 Å². The van der Waals surface area contributed by atoms with Crippen LogP contribution < -0.4 is 24.8 Å². The standard InChI is InChI=1S/C28H23N3O5S/c1-33-23-13-17(14-24(34-2)25(23)35-3)26(32)31-28(37)29-18-11-12-22-21(15-18)30-27(36-22)20-10-6-8-16-7-4-5-9-19(16)20/h4-15H,1-3H3,(H2,29,31,32,37). The number of amides is 1. The first kappa shape index (κ1) is 24.1. The number of methoxy groups -OCH3 is 3. The van der Waals surface area contributed by atoms with Crippen molar-refractivity contribution >= 4 is 50.8 Å². The highest BCUT2D eigenvalue weighted by Crippen LogP contribution is 2.38. The molecule has 0 bridgehead atoms. The van der Waals surface area contributed by atoms with Gasteiger partial charge in [-0.05, 0) is 59.4 Å². The number of nitrogens with zero attached hydrogens (tertiary/aromatic N) is 1. The molecular formula is C28H23N3O5S. The Hall–Kier alpha value is -4.63. The molecule has 0 atom stereocenters. The molecule has 8 nitrogen and oxygen atoms in total. The van der Waals surface area contributed by atoms with E-state index in [4.69, 9.17) is 30.8 Å². The number of hydrogen-bond acceptors (Lipinski definition) is 7. The Labute approximate surface area is 218 Å². The SMILES string of the molecule is COc1cc(C(=O)NC(=S)Nc2ccc3oc(-c4cccc5ccccc45)nc3c2)cc(OC)c1OC. The molecule has 0 aliphatic carbocycles. The Bertz CT molecular complexity index is 1620. The van der Waals surface area contributed by atoms with E-state index in [2.05, 4.69) is 27.8 Å². The van der Waals surface area contributed by atoms with Gasteiger partial charge in [0.25, 0.3) is 5.91 Å². The van der Waals surface area contributed by atoms with Crippen LogP contribution in [0, 0.1) is 0 Å². The minimum absolute atomic E-state index is 0.121. The monoisotopic (exact) mass is 513 g/mol. The molecule has 0 spiro atoms. The molecule has 1 aromatic heterocycles. The van der Waals surface area contributed by atoms with Crippen LogP contribution in [0.1, 0.15) is 10.4 Å². The smallest absolute Gasteiger partial charge is 0.257 e. The maximum Gasteiger partial charge on any atom is 0.257 e. The van der Waals surface area contributed by atoms with Gasteiger partial charge in [0, 0.05) is 16.8 Å². The third kappa shape index (κ3) is 4.76. The van der Waals surface area contributed by atoms with Crippen molar-refractivity contribution in [3.05, 3.63) is 78.4 Å². The quantitative estimate of drug-likeness (QED) is 0.275. The lowest BCUT2D eigenvalue weighted by Crippen LogP contribution is -2.34. The first-order valence-corrected chi connectivity index (χ1v) is 11.7. The van der Waals surface area contributed by atoms with E-state index in [0.29, 0.717) is 45.5 Å². The molecule has 0 fully saturated rings. The Balaban J connectivity index is 1.34. The third-order valence-electron chi connectivity index (χ3n) is 5.82. The van der Waals surface area contributed by atoms with Gasteiger partial charge < -0.3 is 23.9 Å². The highest BCUT2D eigenvalue weighted by atomic mass is 32.1. The fraction of sp³-hybridized carbons (Fsp3) is 0.107. The predicted octanol–water partition coefficient (Wildman–Crippen LogP) is 5.80. The van der Waals surface area contributed by atoms with Crippen LogP contribution in [0.25, 0.3) is 33.3 Å². The lowest BCUT2D eigenvalue weighted by Gasteiger charge is -2.14. The summed E-state index contributed by atoms with van der Waals surface area (Å²) in [6.07, 6.45) is 0. The number of benzene rings is 4. The fourth-order valence-corrected chi connectivity index (χ4v) is 4.29. The fourth-order valence-electron chi connectivity index (χ4n) is 4.08. The largest absolute Gasteiger partial charge is 0.493 e. The van der Waals surface area contributed by atoms with Gasteiger partial charge in [-0.1, -0.05) is 36.4 Å². The molecule has 0 saturated carbocycles. The summed E-state index contributed by atoms with van der Waals surface area (Å²) in [5, 5.41) is 7.98. The molecule has 1 heterocycles. The Morgan fingerprint density at radius 3 is 2.35 bits per heavy atom. The number of thiocarbonyl (C=S) groups is 1. The molecule has 9 heteroatoms. The van der Waals surface area contributed by atoms with Crippen molar-refractivity contribution in [2.75, 3.05) is 26.6 Å². The molecule has 0 unspecified atom stereocenters. The third-order valence-corrected chi connectivity index (χ3v) is 6.02. The van der Waals surface area contributed by atoms with E-state index in [9.17, 15) is 4.79 Å². The van der Waals surface area contributed by atoms with E-state index in [1.807, 2.05) is 42.5 Å². The molecule has 0 saturated heterocycles. The molecule has 37 heavy (non-hydrogen) atoms. The van der Waals surface area contributed by atoms with E-state index in [1.54, 1.807) is 18.2 Å². The number of ether oxygens (including phenoxy) is 3. The van der Waals surface area contributed by atoms with Crippen molar-refractivity contribution in [1.82, 2.24) is 10.3 Å². The summed E-state index contributed by atoms with van der Waals surface area (Å²) in [4.78, 5) is 17.5. The summed E-state index contributed by atoms with van der Waals surface area (Å²) in [6.45, 7) is 0. The summed E-state index contributed by atoms with van der Waals surface area (Å²) in [6, 6.07) is 22.6. The second-order valence-corrected chi connectivity index (χ2v) is 8.46. The predicted molar refractivity (Wildman–Crippen MR) is 147 cm³/mol. The van der Waals surface area contributed by atoms with Gasteiger partial charge in [0.2, 0.25) is 11.6 Å². The van der Waals surface area contributed by atoms with Gasteiger partial charge >= 0.3 is 0 Å². The zero-order valence-corrected chi connectivity index (χ0v) is 21.1. The first-order chi connectivity index (χ1) is 18.0. The lowest BCUT2D eigenvalue weighted by molar-refractivity contribution is 0.0977. The molecule has 0 aliphatic rings. The Morgan fingerprint density at radius 2 is 1.62 bits per heavy atom. The minimum Gasteiger partial charge on any atom is -0.493 e. The Morgan fingerprint density at radius 1 is 0.892 bits per heavy atom. The number of hydrogen-bond donors (Lipinski definition) is 2. The maximum atomic E-state index is 12.8. The second kappa shape index (κ2) is 10.2. The van der Waals surface area contributed by atoms with Crippen molar-refractivity contribution in [1.29, 1.82) is 0 Å². The van der Waals surface area contributed by atoms with E-state index >= 15 is 0 Å². The van der Waals surface area contributed by atoms with Crippen molar-refractivity contribution in [2.24, 2.45) is 0 Å². The van der Waals surface area contributed by atoms with Gasteiger partial charge in [-0.25, -0.2) is 4.98 Å². The average Bonchev–Trinajstić information content (AvgIpc) is 3.35. The van der Waals surface area contributed by atoms with Gasteiger partial charge in [-0.3, -0.25) is 10.1 Å². The molecule has 186 valence electrons. The maximum absolute atomic E-state index is 12.8. The molecule has 2 N–H and O–H groups in total. The van der Waals surface area contributed by atoms with Crippen molar-refractivity contribution in [2.45, 2.75) is 0 Å². The number of aromatic nitrogens is 1. The summed E-state index contributed by atoms with van der Waals surface area (Å²) >= 11 is 5.37. The van der Waals surface area contributed by atoms with Gasteiger partial charge in [0.15, 0.2) is 22.2 Å². The molecule has 0 radical (unpaired) electrons. The number of nitrogens with one attached hydrogen (secondary N) is 2. The molecule has 4 aromatic carbocycles. The first-order valence-electron chi connectivity index (χ1n) is 11.3. The van der Waals surface area contributed by atoms with Crippen molar-refractivity contribution in [3.63, 3.8) is 0 Å². The lowest BCUT2D eigenvalue weighted by atomic mass is 10.0. The van der Waals surface area contributed by atoms with Crippen LogP contribution in [-0.4, -0.2) is 37.3 Å². The van der Waals surface area contributed by atoms with Crippen LogP contribution in [0.4, 0.5) is 5.69 Å². The normalized spacial score (nSPS) is 10.8. The highest BCUT2D eigenvalue weighted by Gasteiger charge is 2.18. The van der Waals surface area contributed by atoms with E-state index in [0.717, 1.165) is 16.3 Å². The highest BCUT2D eigenvalue weighted by molar-refractivity contribution is 7.80. The van der Waals surface area contributed by atoms with E-state index in [-0.39, 0.29) is 5.11 Å². The van der Waals surface area contributed by atoms with Crippen LogP contribution in [0.2, 0.25) is 0 Å². The van der Waals surface area contributed by atoms with Gasteiger partial charge in [0.05, 0.1) is 21.3 Å². The summed E-state index contributed by atoms with van der Waals surface area (Å²) < 4.78 is 22.0. The molecule has 0 aliphatic heterocycles. The van der Waals surface area contributed by atoms with Crippen LogP contribution in [-0.2, 0) is 0 Å². The van der Waals surface area contributed by atoms with Gasteiger partial charge in [0.1, 0.15) is 5.52 Å². The second-order valence-electron chi connectivity index (χ2n) is 8.05. The topological polar surface area (TPSA) is 94.9 Å². The number of oxazole rings is 1. The number of carbonyl (C=O) groups excluding carboxylic acids is 1. The molecule has 5 aromatic rings. The van der Waals surface area contributed by atoms with Crippen LogP contribution >= 0.6 is 12.2 Å². The number of anilines is 1. The van der Waals surface area contributed by atoms with Crippen LogP contribution in [0.3, 0.4) is 0 Å². The zero-order chi connectivity index (χ0) is 25.9. The molecule has 5 rings (SSSR count). The summed E-state index contributed by atoms with van der Waals surface area (Å²) in [5.41, 5.74) is 3.16. The number of fused-ring (bicyclic) bond motifs is 2. The van der Waals surface area contributed by atoms with Gasteiger partial charge in [-0.15, -0.1) is 0 Å². The Kier molecular flexibility index (Phi) is 6.61. The molecular weight excluding hydrogens is 490 g/mol. The van der Waals surface area contributed by atoms with Crippen LogP contribution in [0.5, 0.6) is 17.2 Å². The van der Waals surface area contributed by atoms with E-state index in [1.165, 1.54) is 21.3 Å². The number of rotatable bonds is 6. The van der Waals surface area contributed by atoms with Crippen molar-refractivity contribution in [3.8, 4) is 28.7 Å². The molecule has 1 amide bonds. The summed E-state index contributed by atoms with van der Waals surface area (Å²) in [5.74, 6) is 1.22. The van der Waals surface area contributed by atoms with E-state index < -0.39 is 5.91 Å².